The third-order valence-corrected chi connectivity index (χ3v) is 4.58. The second-order valence-corrected chi connectivity index (χ2v) is 8.47. The van der Waals surface area contributed by atoms with Crippen LogP contribution < -0.4 is 5.32 Å². The van der Waals surface area contributed by atoms with Gasteiger partial charge in [0.25, 0.3) is 0 Å². The number of benzene rings is 1. The van der Waals surface area contributed by atoms with Crippen LogP contribution in [0.5, 0.6) is 0 Å². The topological polar surface area (TPSA) is 61.9 Å². The molecule has 1 aromatic rings. The molecule has 2 rings (SSSR count). The Balaban J connectivity index is 1.82. The van der Waals surface area contributed by atoms with E-state index in [2.05, 4.69) is 22.3 Å². The van der Waals surface area contributed by atoms with Crippen molar-refractivity contribution in [2.24, 2.45) is 5.92 Å². The summed E-state index contributed by atoms with van der Waals surface area (Å²) in [4.78, 5) is 28.5. The van der Waals surface area contributed by atoms with Crippen molar-refractivity contribution >= 4 is 12.0 Å². The predicted molar refractivity (Wildman–Crippen MR) is 106 cm³/mol. The summed E-state index contributed by atoms with van der Waals surface area (Å²) in [6.07, 6.45) is 1.05. The van der Waals surface area contributed by atoms with Gasteiger partial charge in [0.2, 0.25) is 5.91 Å². The first-order valence-corrected chi connectivity index (χ1v) is 9.63. The van der Waals surface area contributed by atoms with E-state index < -0.39 is 5.60 Å². The quantitative estimate of drug-likeness (QED) is 0.859. The standard InChI is InChI=1S/C21H33N3O3/c1-21(2,3)27-20(26)24-12-10-16(11-13-24)19(25)22-14-17-8-6-7-9-18(17)15-23(4)5/h6-9,16H,10-15H2,1-5H3,(H,22,25). The molecule has 0 aliphatic carbocycles. The predicted octanol–water partition coefficient (Wildman–Crippen LogP) is 3.01. The van der Waals surface area contributed by atoms with E-state index in [1.807, 2.05) is 47.0 Å². The molecule has 150 valence electrons. The Bertz CT molecular complexity index is 644. The average molecular weight is 376 g/mol. The molecule has 1 aromatic carbocycles. The molecule has 27 heavy (non-hydrogen) atoms. The van der Waals surface area contributed by atoms with E-state index in [1.165, 1.54) is 5.56 Å². The molecule has 1 fully saturated rings. The number of amides is 2. The Labute approximate surface area is 162 Å². The number of nitrogens with one attached hydrogen (secondary N) is 1. The van der Waals surface area contributed by atoms with E-state index in [4.69, 9.17) is 4.74 Å². The second-order valence-electron chi connectivity index (χ2n) is 8.47. The van der Waals surface area contributed by atoms with Crippen LogP contribution in [0.25, 0.3) is 0 Å². The van der Waals surface area contributed by atoms with Crippen LogP contribution in [0.3, 0.4) is 0 Å². The van der Waals surface area contributed by atoms with Crippen molar-refractivity contribution < 1.29 is 14.3 Å². The van der Waals surface area contributed by atoms with Gasteiger partial charge in [0, 0.05) is 32.1 Å². The lowest BCUT2D eigenvalue weighted by Gasteiger charge is -2.33. The molecule has 0 spiro atoms. The lowest BCUT2D eigenvalue weighted by Crippen LogP contribution is -2.44. The van der Waals surface area contributed by atoms with Crippen molar-refractivity contribution in [3.05, 3.63) is 35.4 Å². The van der Waals surface area contributed by atoms with Crippen molar-refractivity contribution in [2.45, 2.75) is 52.3 Å². The van der Waals surface area contributed by atoms with Gasteiger partial charge in [-0.1, -0.05) is 24.3 Å². The first-order chi connectivity index (χ1) is 12.7. The lowest BCUT2D eigenvalue weighted by molar-refractivity contribution is -0.126. The Morgan fingerprint density at radius 3 is 2.30 bits per heavy atom. The molecule has 6 nitrogen and oxygen atoms in total. The van der Waals surface area contributed by atoms with Crippen molar-refractivity contribution in [1.29, 1.82) is 0 Å². The normalized spacial score (nSPS) is 15.7. The molecule has 0 atom stereocenters. The molecule has 0 aromatic heterocycles. The molecule has 1 aliphatic rings. The van der Waals surface area contributed by atoms with Gasteiger partial charge < -0.3 is 19.9 Å². The number of likely N-dealkylation sites (tertiary alicyclic amines) is 1. The second kappa shape index (κ2) is 9.22. The van der Waals surface area contributed by atoms with E-state index >= 15 is 0 Å². The van der Waals surface area contributed by atoms with Gasteiger partial charge in [-0.3, -0.25) is 4.79 Å². The molecule has 1 saturated heterocycles. The van der Waals surface area contributed by atoms with Crippen LogP contribution in [0.1, 0.15) is 44.7 Å². The van der Waals surface area contributed by atoms with Gasteiger partial charge >= 0.3 is 6.09 Å². The zero-order valence-corrected chi connectivity index (χ0v) is 17.2. The van der Waals surface area contributed by atoms with Gasteiger partial charge in [0.05, 0.1) is 0 Å². The minimum absolute atomic E-state index is 0.0512. The fraction of sp³-hybridized carbons (Fsp3) is 0.619. The highest BCUT2D eigenvalue weighted by atomic mass is 16.6. The number of carbonyl (C=O) groups excluding carboxylic acids is 2. The number of nitrogens with zero attached hydrogens (tertiary/aromatic N) is 2. The molecule has 6 heteroatoms. The lowest BCUT2D eigenvalue weighted by atomic mass is 9.96. The maximum absolute atomic E-state index is 12.6. The Hall–Kier alpha value is -2.08. The summed E-state index contributed by atoms with van der Waals surface area (Å²) in [5, 5.41) is 3.07. The number of rotatable bonds is 5. The Morgan fingerprint density at radius 1 is 1.15 bits per heavy atom. The Kier molecular flexibility index (Phi) is 7.25. The highest BCUT2D eigenvalue weighted by molar-refractivity contribution is 5.79. The van der Waals surface area contributed by atoms with E-state index in [0.717, 1.165) is 12.1 Å². The molecule has 0 saturated carbocycles. The maximum atomic E-state index is 12.6. The number of hydrogen-bond acceptors (Lipinski definition) is 4. The number of piperidine rings is 1. The fourth-order valence-electron chi connectivity index (χ4n) is 3.20. The maximum Gasteiger partial charge on any atom is 0.410 e. The van der Waals surface area contributed by atoms with Crippen LogP contribution >= 0.6 is 0 Å². The summed E-state index contributed by atoms with van der Waals surface area (Å²) in [5.41, 5.74) is 1.87. The number of ether oxygens (including phenoxy) is 1. The van der Waals surface area contributed by atoms with Gasteiger partial charge in [-0.2, -0.15) is 0 Å². The molecule has 1 N–H and O–H groups in total. The summed E-state index contributed by atoms with van der Waals surface area (Å²) < 4.78 is 5.41. The van der Waals surface area contributed by atoms with E-state index in [9.17, 15) is 9.59 Å². The molecular formula is C21H33N3O3. The van der Waals surface area contributed by atoms with Crippen LogP contribution in [0.15, 0.2) is 24.3 Å². The first-order valence-electron chi connectivity index (χ1n) is 9.63. The third-order valence-electron chi connectivity index (χ3n) is 4.58. The first kappa shape index (κ1) is 21.2. The molecule has 1 heterocycles. The zero-order chi connectivity index (χ0) is 20.0. The summed E-state index contributed by atoms with van der Waals surface area (Å²) >= 11 is 0. The minimum Gasteiger partial charge on any atom is -0.444 e. The van der Waals surface area contributed by atoms with Crippen LogP contribution in [0, 0.1) is 5.92 Å². The summed E-state index contributed by atoms with van der Waals surface area (Å²) in [7, 11) is 4.07. The van der Waals surface area contributed by atoms with Crippen LogP contribution in [-0.4, -0.2) is 54.6 Å². The summed E-state index contributed by atoms with van der Waals surface area (Å²) in [6, 6.07) is 8.18. The van der Waals surface area contributed by atoms with Gasteiger partial charge in [-0.05, 0) is 58.8 Å². The molecule has 0 radical (unpaired) electrons. The monoisotopic (exact) mass is 375 g/mol. The minimum atomic E-state index is -0.495. The smallest absolute Gasteiger partial charge is 0.410 e. The van der Waals surface area contributed by atoms with Crippen molar-refractivity contribution in [2.75, 3.05) is 27.2 Å². The number of carbonyl (C=O) groups is 2. The van der Waals surface area contributed by atoms with Crippen molar-refractivity contribution in [3.8, 4) is 0 Å². The van der Waals surface area contributed by atoms with Gasteiger partial charge in [-0.15, -0.1) is 0 Å². The Morgan fingerprint density at radius 2 is 1.74 bits per heavy atom. The summed E-state index contributed by atoms with van der Waals surface area (Å²) in [5.74, 6) is 0.0168. The highest BCUT2D eigenvalue weighted by Gasteiger charge is 2.29. The van der Waals surface area contributed by atoms with E-state index in [-0.39, 0.29) is 17.9 Å². The third kappa shape index (κ3) is 6.86. The largest absolute Gasteiger partial charge is 0.444 e. The zero-order valence-electron chi connectivity index (χ0n) is 17.2. The number of hydrogen-bond donors (Lipinski definition) is 1. The molecular weight excluding hydrogens is 342 g/mol. The van der Waals surface area contributed by atoms with Crippen LogP contribution in [0.2, 0.25) is 0 Å². The van der Waals surface area contributed by atoms with Gasteiger partial charge in [0.1, 0.15) is 5.60 Å². The van der Waals surface area contributed by atoms with Gasteiger partial charge in [0.15, 0.2) is 0 Å². The summed E-state index contributed by atoms with van der Waals surface area (Å²) in [6.45, 7) is 8.08. The van der Waals surface area contributed by atoms with Crippen LogP contribution in [-0.2, 0) is 22.6 Å². The van der Waals surface area contributed by atoms with Crippen molar-refractivity contribution in [1.82, 2.24) is 15.1 Å². The average Bonchev–Trinajstić information content (AvgIpc) is 2.59. The fourth-order valence-corrected chi connectivity index (χ4v) is 3.20. The SMILES string of the molecule is CN(C)Cc1ccccc1CNC(=O)C1CCN(C(=O)OC(C)(C)C)CC1. The molecule has 1 aliphatic heterocycles. The van der Waals surface area contributed by atoms with E-state index in [0.29, 0.717) is 32.5 Å². The molecule has 0 bridgehead atoms. The van der Waals surface area contributed by atoms with E-state index in [1.54, 1.807) is 4.90 Å². The molecule has 2 amide bonds. The molecule has 0 unspecified atom stereocenters. The van der Waals surface area contributed by atoms with Gasteiger partial charge in [-0.25, -0.2) is 4.79 Å². The highest BCUT2D eigenvalue weighted by Crippen LogP contribution is 2.20. The van der Waals surface area contributed by atoms with Crippen LogP contribution in [0.4, 0.5) is 4.79 Å². The van der Waals surface area contributed by atoms with Crippen molar-refractivity contribution in [3.63, 3.8) is 0 Å².